The van der Waals surface area contributed by atoms with Gasteiger partial charge in [0.25, 0.3) is 0 Å². The van der Waals surface area contributed by atoms with Gasteiger partial charge in [0, 0.05) is 67.1 Å². The van der Waals surface area contributed by atoms with E-state index < -0.39 is 0 Å². The van der Waals surface area contributed by atoms with E-state index in [1.54, 1.807) is 13.8 Å². The van der Waals surface area contributed by atoms with Crippen molar-refractivity contribution < 1.29 is 50.4 Å². The monoisotopic (exact) mass is 1440 g/mol. The molecular formula is C59H67Br2Ir2N6O2-. The third-order valence-corrected chi connectivity index (χ3v) is 13.0. The Kier molecular flexibility index (Phi) is 22.7. The summed E-state index contributed by atoms with van der Waals surface area (Å²) in [5.74, 6) is 4.86. The van der Waals surface area contributed by atoms with Crippen LogP contribution in [0.5, 0.6) is 0 Å². The van der Waals surface area contributed by atoms with Gasteiger partial charge in [0.15, 0.2) is 17.5 Å². The second-order valence-electron chi connectivity index (χ2n) is 19.0. The smallest absolute Gasteiger partial charge is 0.169 e. The minimum absolute atomic E-state index is 0. The number of aliphatic hydroxyl groups excluding tert-OH is 2. The summed E-state index contributed by atoms with van der Waals surface area (Å²) < 4.78 is 6.53. The summed E-state index contributed by atoms with van der Waals surface area (Å²) in [6, 6.07) is 47.6. The van der Waals surface area contributed by atoms with E-state index >= 15 is 0 Å². The first-order valence-corrected chi connectivity index (χ1v) is 25.6. The van der Waals surface area contributed by atoms with Crippen molar-refractivity contribution in [1.29, 1.82) is 0 Å². The average Bonchev–Trinajstić information content (AvgIpc) is 3.94. The molecule has 0 amide bonds. The Labute approximate surface area is 466 Å². The first kappa shape index (κ1) is 59.3. The van der Waals surface area contributed by atoms with Gasteiger partial charge in [-0.25, -0.2) is 0 Å². The number of nitrogens with zero attached hydrogens (tertiary/aromatic N) is 6. The Bertz CT molecular complexity index is 2730. The standard InChI is InChI=1S/C27H28BrN3.C27H27BrN3.C5H12O2.2Ir/c2*1-17(2)22-14-9-15-23(18(3)4)25(22)31-26(20-11-8-12-21(28)16-20)29-30-27(31)24-13-7-6-10-19(24)5;1-4(6)3-5(2)7;;/h6-18H,1-5H3;6-10,12-18H,1-5H3;4-7H,3H2,1-2H3;;/q;-1;;;. The van der Waals surface area contributed by atoms with E-state index in [9.17, 15) is 0 Å². The van der Waals surface area contributed by atoms with Crippen LogP contribution in [0.1, 0.15) is 133 Å². The van der Waals surface area contributed by atoms with Crippen LogP contribution in [-0.2, 0) is 40.2 Å². The van der Waals surface area contributed by atoms with Crippen LogP contribution in [-0.4, -0.2) is 51.9 Å². The molecule has 2 N–H and O–H groups in total. The van der Waals surface area contributed by atoms with E-state index in [1.807, 2.05) is 24.3 Å². The molecule has 0 bridgehead atoms. The topological polar surface area (TPSA) is 102 Å². The van der Waals surface area contributed by atoms with Gasteiger partial charge in [-0.2, -0.15) is 5.10 Å². The van der Waals surface area contributed by atoms with Gasteiger partial charge in [0.2, 0.25) is 0 Å². The summed E-state index contributed by atoms with van der Waals surface area (Å²) in [5, 5.41) is 36.0. The van der Waals surface area contributed by atoms with Gasteiger partial charge in [-0.1, -0.05) is 189 Å². The quantitative estimate of drug-likeness (QED) is 0.118. The van der Waals surface area contributed by atoms with E-state index in [1.165, 1.54) is 44.8 Å². The maximum absolute atomic E-state index is 8.56. The molecule has 0 aliphatic rings. The van der Waals surface area contributed by atoms with Gasteiger partial charge in [-0.15, -0.1) is 45.1 Å². The molecule has 71 heavy (non-hydrogen) atoms. The van der Waals surface area contributed by atoms with Gasteiger partial charge in [0.05, 0.1) is 23.7 Å². The first-order chi connectivity index (χ1) is 32.9. The van der Waals surface area contributed by atoms with E-state index in [4.69, 9.17) is 25.5 Å². The van der Waals surface area contributed by atoms with Crippen LogP contribution in [0.15, 0.2) is 136 Å². The van der Waals surface area contributed by atoms with E-state index in [0.717, 1.165) is 54.5 Å². The number of halogens is 2. The molecule has 0 saturated carbocycles. The number of aliphatic hydroxyl groups is 2. The molecule has 8 rings (SSSR count). The number of aromatic nitrogens is 6. The normalized spacial score (nSPS) is 11.9. The molecule has 0 saturated heterocycles. The average molecular weight is 1440 g/mol. The number of hydrogen-bond donors (Lipinski definition) is 2. The molecule has 2 aromatic heterocycles. The molecule has 8 nitrogen and oxygen atoms in total. The van der Waals surface area contributed by atoms with Crippen LogP contribution in [0.4, 0.5) is 0 Å². The molecule has 378 valence electrons. The van der Waals surface area contributed by atoms with Crippen molar-refractivity contribution in [2.24, 2.45) is 0 Å². The minimum atomic E-state index is -0.375. The Morgan fingerprint density at radius 3 is 1.23 bits per heavy atom. The van der Waals surface area contributed by atoms with Crippen molar-refractivity contribution in [2.45, 2.75) is 125 Å². The number of rotatable bonds is 12. The summed E-state index contributed by atoms with van der Waals surface area (Å²) in [6.45, 7) is 25.5. The molecule has 2 radical (unpaired) electrons. The second kappa shape index (κ2) is 27.2. The van der Waals surface area contributed by atoms with Gasteiger partial charge in [-0.3, -0.25) is 4.57 Å². The number of aryl methyl sites for hydroxylation is 2. The molecule has 0 aliphatic heterocycles. The van der Waals surface area contributed by atoms with Crippen molar-refractivity contribution in [2.75, 3.05) is 0 Å². The maximum atomic E-state index is 8.56. The number of benzene rings is 6. The zero-order valence-corrected chi connectivity index (χ0v) is 50.8. The van der Waals surface area contributed by atoms with Crippen molar-refractivity contribution >= 4 is 31.9 Å². The molecule has 0 spiro atoms. The summed E-state index contributed by atoms with van der Waals surface area (Å²) in [4.78, 5) is 0. The molecule has 2 heterocycles. The number of para-hydroxylation sites is 2. The first-order valence-electron chi connectivity index (χ1n) is 24.0. The minimum Gasteiger partial charge on any atom is -0.393 e. The molecular weight excluding hydrogens is 1370 g/mol. The molecule has 12 heteroatoms. The molecule has 2 atom stereocenters. The SMILES string of the molecule is CC(O)CC(C)O.Cc1ccccc1-c1nnc(-c2[c-]ccc(Br)c2)n1-c1c(C(C)C)cccc1C(C)C.Cc1ccccc1-c1nnc(-c2cccc(Br)c2)n1-c1c(C(C)C)cccc1C(C)C.[Ir].[Ir]. The summed E-state index contributed by atoms with van der Waals surface area (Å²) in [7, 11) is 0. The summed E-state index contributed by atoms with van der Waals surface area (Å²) >= 11 is 7.22. The van der Waals surface area contributed by atoms with Crippen LogP contribution in [0.25, 0.3) is 56.9 Å². The van der Waals surface area contributed by atoms with Crippen LogP contribution >= 0.6 is 31.9 Å². The van der Waals surface area contributed by atoms with Crippen LogP contribution in [0.2, 0.25) is 0 Å². The Morgan fingerprint density at radius 2 is 0.845 bits per heavy atom. The predicted molar refractivity (Wildman–Crippen MR) is 293 cm³/mol. The Hall–Kier alpha value is -4.22. The van der Waals surface area contributed by atoms with Gasteiger partial charge < -0.3 is 14.8 Å². The zero-order valence-electron chi connectivity index (χ0n) is 42.8. The molecule has 6 aromatic carbocycles. The molecule has 0 fully saturated rings. The van der Waals surface area contributed by atoms with Gasteiger partial charge in [0.1, 0.15) is 0 Å². The van der Waals surface area contributed by atoms with Gasteiger partial charge in [-0.05, 0) is 103 Å². The van der Waals surface area contributed by atoms with Crippen molar-refractivity contribution in [3.8, 4) is 56.9 Å². The van der Waals surface area contributed by atoms with E-state index in [0.29, 0.717) is 30.1 Å². The van der Waals surface area contributed by atoms with Crippen LogP contribution < -0.4 is 0 Å². The van der Waals surface area contributed by atoms with Crippen molar-refractivity contribution in [3.63, 3.8) is 0 Å². The fourth-order valence-electron chi connectivity index (χ4n) is 8.58. The fourth-order valence-corrected chi connectivity index (χ4v) is 9.34. The zero-order chi connectivity index (χ0) is 50.1. The number of hydrogen-bond acceptors (Lipinski definition) is 6. The molecule has 0 aliphatic carbocycles. The predicted octanol–water partition coefficient (Wildman–Crippen LogP) is 15.8. The van der Waals surface area contributed by atoms with Crippen molar-refractivity contribution in [1.82, 2.24) is 29.5 Å². The van der Waals surface area contributed by atoms with Crippen LogP contribution in [0.3, 0.4) is 0 Å². The largest absolute Gasteiger partial charge is 0.393 e. The fraction of sp³-hybridized carbons (Fsp3) is 0.322. The Morgan fingerprint density at radius 1 is 0.465 bits per heavy atom. The van der Waals surface area contributed by atoms with E-state index in [-0.39, 0.29) is 52.4 Å². The third kappa shape index (κ3) is 14.5. The second-order valence-corrected chi connectivity index (χ2v) is 20.9. The van der Waals surface area contributed by atoms with E-state index in [2.05, 4.69) is 225 Å². The van der Waals surface area contributed by atoms with Gasteiger partial charge >= 0.3 is 0 Å². The Balaban J connectivity index is 0.000000265. The van der Waals surface area contributed by atoms with Crippen LogP contribution in [0, 0.1) is 19.9 Å². The third-order valence-electron chi connectivity index (χ3n) is 12.0. The molecule has 8 aromatic rings. The molecule has 2 unspecified atom stereocenters. The maximum Gasteiger partial charge on any atom is 0.169 e. The summed E-state index contributed by atoms with van der Waals surface area (Å²) in [6.07, 6.45) is -0.278. The summed E-state index contributed by atoms with van der Waals surface area (Å²) in [5.41, 5.74) is 14.1. The van der Waals surface area contributed by atoms with Crippen molar-refractivity contribution in [3.05, 3.63) is 176 Å².